The third kappa shape index (κ3) is 5.93. The summed E-state index contributed by atoms with van der Waals surface area (Å²) in [5.41, 5.74) is 0. The second kappa shape index (κ2) is 7.97. The average molecular weight is 193 g/mol. The first-order chi connectivity index (χ1) is 6.74. The molecule has 0 aliphatic rings. The lowest BCUT2D eigenvalue weighted by Gasteiger charge is -2.19. The summed E-state index contributed by atoms with van der Waals surface area (Å²) in [4.78, 5) is 1.48. The molecule has 0 radical (unpaired) electrons. The molecule has 0 spiro atoms. The highest BCUT2D eigenvalue weighted by Gasteiger charge is 2.09. The van der Waals surface area contributed by atoms with Crippen molar-refractivity contribution < 1.29 is 5.11 Å². The number of aliphatic hydroxyl groups excluding tert-OH is 1. The van der Waals surface area contributed by atoms with Gasteiger partial charge in [0.05, 0.1) is 37.8 Å². The van der Waals surface area contributed by atoms with Gasteiger partial charge in [-0.25, -0.2) is 0 Å². The van der Waals surface area contributed by atoms with E-state index in [1.165, 1.54) is 4.90 Å². The molecule has 0 saturated carbocycles. The Balaban J connectivity index is 3.86. The minimum atomic E-state index is -0.892. The Hall–Kier alpha value is -1.65. The summed E-state index contributed by atoms with van der Waals surface area (Å²) in [5, 5.41) is 36.8. The van der Waals surface area contributed by atoms with Crippen molar-refractivity contribution in [1.29, 1.82) is 15.8 Å². The van der Waals surface area contributed by atoms with Crippen molar-refractivity contribution in [2.24, 2.45) is 0 Å². The zero-order valence-electron chi connectivity index (χ0n) is 7.64. The number of hydrogen-bond donors (Lipinski definition) is 2. The molecule has 0 rings (SSSR count). The van der Waals surface area contributed by atoms with E-state index in [1.807, 2.05) is 18.2 Å². The lowest BCUT2D eigenvalue weighted by Crippen LogP contribution is -2.41. The quantitative estimate of drug-likeness (QED) is 0.404. The number of aliphatic hydroxyl groups is 1. The fourth-order valence-electron chi connectivity index (χ4n) is 0.858. The Labute approximate surface area is 82.6 Å². The summed E-state index contributed by atoms with van der Waals surface area (Å²) in [6.07, 6.45) is -0.892. The fraction of sp³-hybridized carbons (Fsp3) is 0.625. The van der Waals surface area contributed by atoms with Crippen LogP contribution in [-0.4, -0.2) is 42.4 Å². The van der Waals surface area contributed by atoms with Crippen LogP contribution in [-0.2, 0) is 0 Å². The summed E-state index contributed by atoms with van der Waals surface area (Å²) >= 11 is 0. The van der Waals surface area contributed by atoms with Crippen LogP contribution >= 0.6 is 0 Å². The van der Waals surface area contributed by atoms with Gasteiger partial charge in [-0.1, -0.05) is 0 Å². The summed E-state index contributed by atoms with van der Waals surface area (Å²) in [6, 6.07) is 5.59. The van der Waals surface area contributed by atoms with E-state index in [-0.39, 0.29) is 26.2 Å². The van der Waals surface area contributed by atoms with E-state index < -0.39 is 6.23 Å². The lowest BCUT2D eigenvalue weighted by molar-refractivity contribution is 0.0996. The van der Waals surface area contributed by atoms with E-state index >= 15 is 0 Å². The molecule has 1 unspecified atom stereocenters. The minimum absolute atomic E-state index is 0.0358. The van der Waals surface area contributed by atoms with E-state index in [0.717, 1.165) is 0 Å². The van der Waals surface area contributed by atoms with Gasteiger partial charge in [0.1, 0.15) is 6.23 Å². The first-order valence-corrected chi connectivity index (χ1v) is 3.99. The molecule has 0 saturated heterocycles. The smallest absolute Gasteiger partial charge is 0.118 e. The number of nitrogens with one attached hydrogen (secondary N) is 1. The van der Waals surface area contributed by atoms with Gasteiger partial charge in [0.25, 0.3) is 0 Å². The molecule has 6 heteroatoms. The van der Waals surface area contributed by atoms with Gasteiger partial charge in [0.15, 0.2) is 0 Å². The van der Waals surface area contributed by atoms with Crippen molar-refractivity contribution in [3.63, 3.8) is 0 Å². The highest BCUT2D eigenvalue weighted by atomic mass is 16.3. The normalized spacial score (nSPS) is 11.4. The van der Waals surface area contributed by atoms with E-state index in [0.29, 0.717) is 0 Å². The van der Waals surface area contributed by atoms with Gasteiger partial charge in [0.2, 0.25) is 0 Å². The first kappa shape index (κ1) is 12.3. The lowest BCUT2D eigenvalue weighted by atomic mass is 10.4. The molecule has 0 aromatic rings. The van der Waals surface area contributed by atoms with E-state index in [2.05, 4.69) is 5.32 Å². The monoisotopic (exact) mass is 193 g/mol. The van der Waals surface area contributed by atoms with Gasteiger partial charge in [0, 0.05) is 6.54 Å². The first-order valence-electron chi connectivity index (χ1n) is 3.99. The Bertz CT molecular complexity index is 255. The molecular weight excluding hydrogens is 182 g/mol. The van der Waals surface area contributed by atoms with E-state index in [9.17, 15) is 5.11 Å². The van der Waals surface area contributed by atoms with Crippen LogP contribution in [0.3, 0.4) is 0 Å². The van der Waals surface area contributed by atoms with Crippen molar-refractivity contribution >= 4 is 0 Å². The molecule has 0 aromatic heterocycles. The number of rotatable bonds is 6. The Kier molecular flexibility index (Phi) is 7.03. The van der Waals surface area contributed by atoms with Crippen LogP contribution < -0.4 is 5.32 Å². The third-order valence-electron chi connectivity index (χ3n) is 1.44. The molecule has 6 nitrogen and oxygen atoms in total. The molecule has 0 aliphatic carbocycles. The van der Waals surface area contributed by atoms with Crippen LogP contribution in [0.15, 0.2) is 0 Å². The molecule has 1 atom stereocenters. The van der Waals surface area contributed by atoms with Gasteiger partial charge in [-0.05, 0) is 0 Å². The zero-order valence-corrected chi connectivity index (χ0v) is 7.64. The molecule has 74 valence electrons. The second-order valence-electron chi connectivity index (χ2n) is 2.54. The Morgan fingerprint density at radius 3 is 2.14 bits per heavy atom. The summed E-state index contributed by atoms with van der Waals surface area (Å²) in [7, 11) is 0. The predicted molar refractivity (Wildman–Crippen MR) is 47.3 cm³/mol. The van der Waals surface area contributed by atoms with Gasteiger partial charge < -0.3 is 5.11 Å². The largest absolute Gasteiger partial charge is 0.377 e. The zero-order chi connectivity index (χ0) is 10.8. The Morgan fingerprint density at radius 2 is 1.71 bits per heavy atom. The molecule has 14 heavy (non-hydrogen) atoms. The average Bonchev–Trinajstić information content (AvgIpc) is 2.15. The maximum Gasteiger partial charge on any atom is 0.118 e. The van der Waals surface area contributed by atoms with Crippen molar-refractivity contribution in [1.82, 2.24) is 10.2 Å². The standard InChI is InChI=1S/C8H11N5O/c9-1-4-12-8(14)7-13(5-2-10)6-3-11/h8,12,14H,4-7H2. The highest BCUT2D eigenvalue weighted by Crippen LogP contribution is 1.88. The van der Waals surface area contributed by atoms with Crippen molar-refractivity contribution in [3.8, 4) is 18.2 Å². The van der Waals surface area contributed by atoms with Crippen LogP contribution in [0.2, 0.25) is 0 Å². The van der Waals surface area contributed by atoms with Crippen molar-refractivity contribution in [2.75, 3.05) is 26.2 Å². The van der Waals surface area contributed by atoms with Crippen LogP contribution in [0.1, 0.15) is 0 Å². The van der Waals surface area contributed by atoms with Gasteiger partial charge >= 0.3 is 0 Å². The summed E-state index contributed by atoms with van der Waals surface area (Å²) in [6.45, 7) is 0.356. The molecule has 2 N–H and O–H groups in total. The molecule has 0 aliphatic heterocycles. The number of hydrogen-bond acceptors (Lipinski definition) is 6. The SMILES string of the molecule is N#CCNC(O)CN(CC#N)CC#N. The predicted octanol–water partition coefficient (Wildman–Crippen LogP) is -1.23. The molecule has 0 fully saturated rings. The van der Waals surface area contributed by atoms with E-state index in [4.69, 9.17) is 15.8 Å². The molecule has 0 bridgehead atoms. The van der Waals surface area contributed by atoms with Gasteiger partial charge in [-0.2, -0.15) is 15.8 Å². The Morgan fingerprint density at radius 1 is 1.14 bits per heavy atom. The maximum atomic E-state index is 9.28. The van der Waals surface area contributed by atoms with Crippen molar-refractivity contribution in [2.45, 2.75) is 6.23 Å². The molecule has 0 aromatic carbocycles. The van der Waals surface area contributed by atoms with Crippen LogP contribution in [0.25, 0.3) is 0 Å². The van der Waals surface area contributed by atoms with Gasteiger partial charge in [-0.3, -0.25) is 10.2 Å². The van der Waals surface area contributed by atoms with Crippen molar-refractivity contribution in [3.05, 3.63) is 0 Å². The summed E-state index contributed by atoms with van der Waals surface area (Å²) < 4.78 is 0. The van der Waals surface area contributed by atoms with Crippen LogP contribution in [0, 0.1) is 34.0 Å². The molecular formula is C8H11N5O. The van der Waals surface area contributed by atoms with E-state index in [1.54, 1.807) is 0 Å². The third-order valence-corrected chi connectivity index (χ3v) is 1.44. The topological polar surface area (TPSA) is 107 Å². The van der Waals surface area contributed by atoms with Crippen LogP contribution in [0.5, 0.6) is 0 Å². The van der Waals surface area contributed by atoms with Gasteiger partial charge in [-0.15, -0.1) is 0 Å². The van der Waals surface area contributed by atoms with Crippen LogP contribution in [0.4, 0.5) is 0 Å². The minimum Gasteiger partial charge on any atom is -0.377 e. The molecule has 0 heterocycles. The fourth-order valence-corrected chi connectivity index (χ4v) is 0.858. The number of nitrogens with zero attached hydrogens (tertiary/aromatic N) is 4. The second-order valence-corrected chi connectivity index (χ2v) is 2.54. The molecule has 0 amide bonds. The maximum absolute atomic E-state index is 9.28. The number of nitriles is 3. The highest BCUT2D eigenvalue weighted by molar-refractivity contribution is 4.85. The summed E-state index contributed by atoms with van der Waals surface area (Å²) in [5.74, 6) is 0.